The minimum absolute atomic E-state index is 0.0159. The van der Waals surface area contributed by atoms with Crippen molar-refractivity contribution in [2.45, 2.75) is 54.8 Å². The molecule has 2 aromatic rings. The zero-order valence-corrected chi connectivity index (χ0v) is 22.3. The molecule has 163 valence electrons. The Kier molecular flexibility index (Phi) is 8.27. The van der Waals surface area contributed by atoms with Crippen LogP contribution in [0.3, 0.4) is 0 Å². The van der Waals surface area contributed by atoms with Gasteiger partial charge in [-0.05, 0) is 0 Å². The van der Waals surface area contributed by atoms with Crippen LogP contribution >= 0.6 is 0 Å². The second-order valence-corrected chi connectivity index (χ2v) is 11.1. The van der Waals surface area contributed by atoms with Gasteiger partial charge in [0.1, 0.15) is 0 Å². The zero-order chi connectivity index (χ0) is 22.4. The zero-order valence-electron chi connectivity index (χ0n) is 18.4. The molecule has 0 N–H and O–H groups in total. The van der Waals surface area contributed by atoms with Gasteiger partial charge in [-0.1, -0.05) is 6.07 Å². The van der Waals surface area contributed by atoms with Crippen molar-refractivity contribution in [3.05, 3.63) is 71.8 Å². The number of likely N-dealkylation sites (tertiary alicyclic amines) is 1. The van der Waals surface area contributed by atoms with Crippen LogP contribution in [-0.2, 0) is 25.5 Å². The van der Waals surface area contributed by atoms with E-state index in [0.717, 1.165) is 18.4 Å². The summed E-state index contributed by atoms with van der Waals surface area (Å²) in [5, 5.41) is 0. The number of aryl methyl sites for hydroxylation is 1. The quantitative estimate of drug-likeness (QED) is 0.260. The first-order chi connectivity index (χ1) is 14.8. The molecule has 1 saturated heterocycles. The van der Waals surface area contributed by atoms with Gasteiger partial charge in [0.2, 0.25) is 0 Å². The summed E-state index contributed by atoms with van der Waals surface area (Å²) < 4.78 is 11.5. The van der Waals surface area contributed by atoms with Crippen molar-refractivity contribution >= 4 is 37.6 Å². The Morgan fingerprint density at radius 2 is 1.68 bits per heavy atom. The molecule has 3 rings (SSSR count). The number of carbonyl (C=O) groups excluding carboxylic acids is 2. The Balaban J connectivity index is 1.61. The van der Waals surface area contributed by atoms with Gasteiger partial charge in [-0.3, -0.25) is 0 Å². The Hall–Kier alpha value is -1.74. The van der Waals surface area contributed by atoms with E-state index in [9.17, 15) is 9.59 Å². The van der Waals surface area contributed by atoms with E-state index >= 15 is 0 Å². The van der Waals surface area contributed by atoms with E-state index in [1.807, 2.05) is 69.3 Å². The fourth-order valence-electron chi connectivity index (χ4n) is 3.59. The van der Waals surface area contributed by atoms with Crippen molar-refractivity contribution < 1.29 is 19.1 Å². The SMILES string of the molecule is CC(C)(C)OC(=O)[C@H]1C(OCCCc2ccccc2)CN1C(=O)[CH]([Pb])c1ccccc1. The van der Waals surface area contributed by atoms with Gasteiger partial charge < -0.3 is 0 Å². The predicted octanol–water partition coefficient (Wildman–Crippen LogP) is 3.47. The first-order valence-electron chi connectivity index (χ1n) is 10.7. The number of nitrogens with zero attached hydrogens (tertiary/aromatic N) is 1. The van der Waals surface area contributed by atoms with Gasteiger partial charge in [0.25, 0.3) is 0 Å². The minimum atomic E-state index is -0.677. The fourth-order valence-corrected chi connectivity index (χ4v) is 4.98. The van der Waals surface area contributed by atoms with E-state index in [1.54, 1.807) is 4.90 Å². The molecule has 3 atom stereocenters. The van der Waals surface area contributed by atoms with Crippen molar-refractivity contribution in [1.82, 2.24) is 4.90 Å². The van der Waals surface area contributed by atoms with Crippen molar-refractivity contribution in [2.75, 3.05) is 13.2 Å². The molecule has 0 spiro atoms. The van der Waals surface area contributed by atoms with Gasteiger partial charge in [0.05, 0.1) is 0 Å². The second-order valence-electron chi connectivity index (χ2n) is 8.81. The molecular formula is C25H30NO4Pb. The number of amides is 1. The van der Waals surface area contributed by atoms with Crippen molar-refractivity contribution in [2.24, 2.45) is 0 Å². The first-order valence-corrected chi connectivity index (χ1v) is 13.0. The maximum absolute atomic E-state index is 13.2. The number of esters is 1. The van der Waals surface area contributed by atoms with Crippen LogP contribution in [0, 0.1) is 0 Å². The summed E-state index contributed by atoms with van der Waals surface area (Å²) in [7, 11) is 0. The van der Waals surface area contributed by atoms with Crippen LogP contribution in [0.5, 0.6) is 0 Å². The van der Waals surface area contributed by atoms with Gasteiger partial charge in [0.15, 0.2) is 0 Å². The monoisotopic (exact) mass is 616 g/mol. The van der Waals surface area contributed by atoms with Gasteiger partial charge in [-0.25, -0.2) is 0 Å². The molecule has 1 aliphatic heterocycles. The number of carbonyl (C=O) groups is 2. The summed E-state index contributed by atoms with van der Waals surface area (Å²) in [4.78, 5) is 27.7. The van der Waals surface area contributed by atoms with Crippen LogP contribution < -0.4 is 0 Å². The number of hydrogen-bond acceptors (Lipinski definition) is 4. The molecule has 6 heteroatoms. The molecule has 1 heterocycles. The summed E-state index contributed by atoms with van der Waals surface area (Å²) in [5.74, 6) is -0.403. The summed E-state index contributed by atoms with van der Waals surface area (Å²) in [5.41, 5.74) is 1.65. The average Bonchev–Trinajstić information content (AvgIpc) is 2.71. The first kappa shape index (κ1) is 23.9. The molecule has 31 heavy (non-hydrogen) atoms. The molecule has 1 aliphatic rings. The van der Waals surface area contributed by atoms with E-state index in [-0.39, 0.29) is 21.5 Å². The summed E-state index contributed by atoms with van der Waals surface area (Å²) in [6.45, 7) is 6.49. The molecule has 0 aliphatic carbocycles. The van der Waals surface area contributed by atoms with Crippen LogP contribution in [0.15, 0.2) is 60.7 Å². The predicted molar refractivity (Wildman–Crippen MR) is 121 cm³/mol. The van der Waals surface area contributed by atoms with Gasteiger partial charge in [0, 0.05) is 0 Å². The van der Waals surface area contributed by atoms with Crippen LogP contribution in [0.4, 0.5) is 0 Å². The molecule has 3 radical (unpaired) electrons. The number of ether oxygens (including phenoxy) is 2. The van der Waals surface area contributed by atoms with E-state index < -0.39 is 11.6 Å². The van der Waals surface area contributed by atoms with Gasteiger partial charge >= 0.3 is 195 Å². The molecule has 2 aromatic carbocycles. The van der Waals surface area contributed by atoms with Crippen molar-refractivity contribution in [1.29, 1.82) is 0 Å². The Morgan fingerprint density at radius 3 is 2.29 bits per heavy atom. The Bertz CT molecular complexity index is 866. The number of hydrogen-bond donors (Lipinski definition) is 0. The van der Waals surface area contributed by atoms with Crippen molar-refractivity contribution in [3.63, 3.8) is 0 Å². The maximum atomic E-state index is 13.2. The van der Waals surface area contributed by atoms with Crippen LogP contribution in [0.2, 0.25) is 0 Å². The summed E-state index contributed by atoms with van der Waals surface area (Å²) in [6, 6.07) is 19.3. The van der Waals surface area contributed by atoms with Gasteiger partial charge in [-0.2, -0.15) is 0 Å². The Morgan fingerprint density at radius 1 is 1.06 bits per heavy atom. The normalized spacial score (nSPS) is 19.4. The van der Waals surface area contributed by atoms with Gasteiger partial charge in [-0.15, -0.1) is 0 Å². The molecule has 5 nitrogen and oxygen atoms in total. The van der Waals surface area contributed by atoms with Crippen LogP contribution in [-0.4, -0.2) is 73.4 Å². The molecule has 1 amide bonds. The summed E-state index contributed by atoms with van der Waals surface area (Å²) in [6.07, 6.45) is 1.46. The van der Waals surface area contributed by atoms with E-state index in [0.29, 0.717) is 38.9 Å². The Labute approximate surface area is 200 Å². The summed E-state index contributed by atoms with van der Waals surface area (Å²) >= 11 is 0.675. The molecular weight excluding hydrogens is 585 g/mol. The topological polar surface area (TPSA) is 55.8 Å². The number of rotatable bonds is 8. The molecule has 2 unspecified atom stereocenters. The van der Waals surface area contributed by atoms with Crippen LogP contribution in [0.1, 0.15) is 41.8 Å². The molecule has 0 aromatic heterocycles. The number of benzene rings is 2. The van der Waals surface area contributed by atoms with E-state index in [2.05, 4.69) is 12.1 Å². The molecule has 0 saturated carbocycles. The van der Waals surface area contributed by atoms with E-state index in [4.69, 9.17) is 9.47 Å². The molecule has 1 fully saturated rings. The third-order valence-corrected chi connectivity index (χ3v) is 7.42. The average molecular weight is 616 g/mol. The van der Waals surface area contributed by atoms with Crippen LogP contribution in [0.25, 0.3) is 0 Å². The molecule has 0 bridgehead atoms. The standard InChI is InChI=1S/C25H30NO4.Pb/c1-25(2,3)30-24(28)23-21(29-16-10-15-19-11-6-4-7-12-19)18-26(23)22(27)17-20-13-8-5-9-14-20;/h4-9,11-14,17,21,23H,10,15-16,18H2,1-3H3;/t21?,23-;/m1./s1. The van der Waals surface area contributed by atoms with Crippen molar-refractivity contribution in [3.8, 4) is 0 Å². The third kappa shape index (κ3) is 6.62. The third-order valence-electron chi connectivity index (χ3n) is 5.16. The second kappa shape index (κ2) is 10.7. The fraction of sp³-hybridized carbons (Fsp3) is 0.440. The van der Waals surface area contributed by atoms with E-state index in [1.165, 1.54) is 5.56 Å².